The molecule has 0 atom stereocenters. The van der Waals surface area contributed by atoms with Crippen LogP contribution in [0.15, 0.2) is 76.5 Å². The van der Waals surface area contributed by atoms with Gasteiger partial charge in [0.05, 0.1) is 28.7 Å². The largest absolute Gasteiger partial charge is 0.484 e. The summed E-state index contributed by atoms with van der Waals surface area (Å²) in [7, 11) is -7.37. The van der Waals surface area contributed by atoms with Crippen LogP contribution >= 0.6 is 0 Å². The van der Waals surface area contributed by atoms with Crippen molar-refractivity contribution in [2.24, 2.45) is 0 Å². The van der Waals surface area contributed by atoms with Crippen molar-refractivity contribution >= 4 is 31.6 Å². The van der Waals surface area contributed by atoms with Crippen molar-refractivity contribution in [2.75, 3.05) is 37.6 Å². The van der Waals surface area contributed by atoms with E-state index in [0.717, 1.165) is 16.7 Å². The first-order valence-corrected chi connectivity index (χ1v) is 15.2. The van der Waals surface area contributed by atoms with Crippen LogP contribution < -0.4 is 14.8 Å². The van der Waals surface area contributed by atoms with Crippen LogP contribution in [-0.4, -0.2) is 60.0 Å². The number of amides is 1. The number of benzene rings is 3. The van der Waals surface area contributed by atoms with E-state index >= 15 is 0 Å². The summed E-state index contributed by atoms with van der Waals surface area (Å²) in [6.45, 7) is 5.03. The highest BCUT2D eigenvalue weighted by atomic mass is 32.2. The van der Waals surface area contributed by atoms with Gasteiger partial charge in [0, 0.05) is 19.6 Å². The topological polar surface area (TPSA) is 131 Å². The van der Waals surface area contributed by atoms with Gasteiger partial charge in [0.15, 0.2) is 6.61 Å². The zero-order chi connectivity index (χ0) is 28.0. The Balaban J connectivity index is 1.26. The number of aryl methyl sites for hydroxylation is 2. The number of carbonyl (C=O) groups is 1. The number of carbonyl (C=O) groups excluding carboxylic acids is 1. The number of rotatable bonds is 10. The average Bonchev–Trinajstić information content (AvgIpc) is 2.93. The van der Waals surface area contributed by atoms with E-state index in [1.807, 2.05) is 26.0 Å². The first kappa shape index (κ1) is 28.6. The van der Waals surface area contributed by atoms with Gasteiger partial charge in [-0.3, -0.25) is 9.52 Å². The molecule has 0 unspecified atom stereocenters. The Hall–Kier alpha value is -3.45. The standard InChI is InChI=1S/C27H31N3O7S2/c1-20-3-4-21(2)26(17-20)29-38(32,33)24-11-7-23(8-12-24)37-19-27(31)28-18-22-5-9-25(10-6-22)39(34,35)30-13-15-36-16-14-30/h3-12,17,29H,13-16,18-19H2,1-2H3,(H,28,31). The molecule has 0 bridgehead atoms. The van der Waals surface area contributed by atoms with Gasteiger partial charge >= 0.3 is 0 Å². The molecule has 3 aromatic carbocycles. The summed E-state index contributed by atoms with van der Waals surface area (Å²) in [5.41, 5.74) is 2.99. The molecule has 0 spiro atoms. The van der Waals surface area contributed by atoms with Crippen molar-refractivity contribution in [1.82, 2.24) is 9.62 Å². The third-order valence-electron chi connectivity index (χ3n) is 6.16. The van der Waals surface area contributed by atoms with Gasteiger partial charge in [0.25, 0.3) is 15.9 Å². The van der Waals surface area contributed by atoms with Crippen LogP contribution in [0.5, 0.6) is 5.75 Å². The van der Waals surface area contributed by atoms with Gasteiger partial charge in [0.1, 0.15) is 5.75 Å². The fourth-order valence-electron chi connectivity index (χ4n) is 3.88. The molecule has 1 fully saturated rings. The van der Waals surface area contributed by atoms with Gasteiger partial charge in [-0.25, -0.2) is 16.8 Å². The smallest absolute Gasteiger partial charge is 0.261 e. The highest BCUT2D eigenvalue weighted by molar-refractivity contribution is 7.92. The Morgan fingerprint density at radius 2 is 1.54 bits per heavy atom. The van der Waals surface area contributed by atoms with Crippen molar-refractivity contribution in [3.8, 4) is 5.75 Å². The van der Waals surface area contributed by atoms with E-state index in [1.54, 1.807) is 18.2 Å². The monoisotopic (exact) mass is 573 g/mol. The van der Waals surface area contributed by atoms with E-state index in [1.165, 1.54) is 40.7 Å². The highest BCUT2D eigenvalue weighted by Gasteiger charge is 2.26. The molecular weight excluding hydrogens is 542 g/mol. The van der Waals surface area contributed by atoms with E-state index in [9.17, 15) is 21.6 Å². The minimum Gasteiger partial charge on any atom is -0.484 e. The summed E-state index contributed by atoms with van der Waals surface area (Å²) in [6, 6.07) is 17.7. The predicted octanol–water partition coefficient (Wildman–Crippen LogP) is 2.82. The van der Waals surface area contributed by atoms with Crippen LogP contribution in [0.2, 0.25) is 0 Å². The molecule has 0 saturated carbocycles. The third kappa shape index (κ3) is 7.35. The minimum absolute atomic E-state index is 0.0688. The predicted molar refractivity (Wildman–Crippen MR) is 147 cm³/mol. The second-order valence-corrected chi connectivity index (χ2v) is 12.7. The molecule has 0 aliphatic carbocycles. The fraction of sp³-hybridized carbons (Fsp3) is 0.296. The molecule has 0 radical (unpaired) electrons. The minimum atomic E-state index is -3.79. The molecule has 1 aliphatic heterocycles. The first-order valence-electron chi connectivity index (χ1n) is 12.3. The molecule has 1 amide bonds. The molecule has 1 aliphatic rings. The Bertz CT molecular complexity index is 1520. The molecule has 12 heteroatoms. The van der Waals surface area contributed by atoms with Crippen LogP contribution in [0.3, 0.4) is 0 Å². The number of morpholine rings is 1. The molecule has 0 aromatic heterocycles. The van der Waals surface area contributed by atoms with Gasteiger partial charge in [-0.1, -0.05) is 24.3 Å². The van der Waals surface area contributed by atoms with E-state index in [0.29, 0.717) is 37.7 Å². The zero-order valence-electron chi connectivity index (χ0n) is 21.7. The molecule has 1 heterocycles. The SMILES string of the molecule is Cc1ccc(C)c(NS(=O)(=O)c2ccc(OCC(=O)NCc3ccc(S(=O)(=O)N4CCOCC4)cc3)cc2)c1. The van der Waals surface area contributed by atoms with E-state index < -0.39 is 20.0 Å². The van der Waals surface area contributed by atoms with Gasteiger partial charge in [-0.2, -0.15) is 4.31 Å². The molecule has 2 N–H and O–H groups in total. The number of hydrogen-bond donors (Lipinski definition) is 2. The zero-order valence-corrected chi connectivity index (χ0v) is 23.3. The number of nitrogens with one attached hydrogen (secondary N) is 2. The highest BCUT2D eigenvalue weighted by Crippen LogP contribution is 2.23. The van der Waals surface area contributed by atoms with Gasteiger partial charge < -0.3 is 14.8 Å². The number of ether oxygens (including phenoxy) is 2. The molecule has 1 saturated heterocycles. The van der Waals surface area contributed by atoms with Gasteiger partial charge in [-0.05, 0) is 73.0 Å². The third-order valence-corrected chi connectivity index (χ3v) is 9.46. The van der Waals surface area contributed by atoms with Crippen LogP contribution in [0, 0.1) is 13.8 Å². The van der Waals surface area contributed by atoms with Crippen LogP contribution in [-0.2, 0) is 36.1 Å². The summed E-state index contributed by atoms with van der Waals surface area (Å²) < 4.78 is 65.7. The maximum absolute atomic E-state index is 12.8. The number of hydrogen-bond acceptors (Lipinski definition) is 7. The summed E-state index contributed by atoms with van der Waals surface area (Å²) in [4.78, 5) is 12.5. The van der Waals surface area contributed by atoms with Crippen LogP contribution in [0.4, 0.5) is 5.69 Å². The lowest BCUT2D eigenvalue weighted by Gasteiger charge is -2.26. The maximum atomic E-state index is 12.8. The summed E-state index contributed by atoms with van der Waals surface area (Å²) in [5, 5.41) is 2.72. The summed E-state index contributed by atoms with van der Waals surface area (Å²) >= 11 is 0. The van der Waals surface area contributed by atoms with Crippen LogP contribution in [0.25, 0.3) is 0 Å². The van der Waals surface area contributed by atoms with Gasteiger partial charge in [0.2, 0.25) is 10.0 Å². The second kappa shape index (κ2) is 12.2. The fourth-order valence-corrected chi connectivity index (χ4v) is 6.41. The molecule has 208 valence electrons. The number of nitrogens with zero attached hydrogens (tertiary/aromatic N) is 1. The van der Waals surface area contributed by atoms with Crippen molar-refractivity contribution < 1.29 is 31.1 Å². The van der Waals surface area contributed by atoms with Crippen molar-refractivity contribution in [1.29, 1.82) is 0 Å². The van der Waals surface area contributed by atoms with E-state index in [2.05, 4.69) is 10.0 Å². The lowest BCUT2D eigenvalue weighted by Crippen LogP contribution is -2.40. The van der Waals surface area contributed by atoms with E-state index in [4.69, 9.17) is 9.47 Å². The van der Waals surface area contributed by atoms with E-state index in [-0.39, 0.29) is 28.8 Å². The average molecular weight is 574 g/mol. The van der Waals surface area contributed by atoms with Crippen molar-refractivity contribution in [2.45, 2.75) is 30.2 Å². The first-order chi connectivity index (χ1) is 18.5. The van der Waals surface area contributed by atoms with Crippen molar-refractivity contribution in [3.63, 3.8) is 0 Å². The number of sulfonamides is 2. The quantitative estimate of drug-likeness (QED) is 0.381. The Morgan fingerprint density at radius 1 is 0.897 bits per heavy atom. The Morgan fingerprint density at radius 3 is 2.21 bits per heavy atom. The Kier molecular flexibility index (Phi) is 8.90. The Labute approximate surface area is 229 Å². The molecular formula is C27H31N3O7S2. The van der Waals surface area contributed by atoms with Crippen molar-refractivity contribution in [3.05, 3.63) is 83.4 Å². The summed E-state index contributed by atoms with van der Waals surface area (Å²) in [5.74, 6) is -0.0400. The second-order valence-electron chi connectivity index (χ2n) is 9.12. The molecule has 4 rings (SSSR count). The molecule has 10 nitrogen and oxygen atoms in total. The normalized spacial score (nSPS) is 14.5. The molecule has 39 heavy (non-hydrogen) atoms. The lowest BCUT2D eigenvalue weighted by atomic mass is 10.1. The number of anilines is 1. The maximum Gasteiger partial charge on any atom is 0.261 e. The summed E-state index contributed by atoms with van der Waals surface area (Å²) in [6.07, 6.45) is 0. The van der Waals surface area contributed by atoms with Crippen LogP contribution in [0.1, 0.15) is 16.7 Å². The molecule has 3 aromatic rings. The lowest BCUT2D eigenvalue weighted by molar-refractivity contribution is -0.123. The van der Waals surface area contributed by atoms with Gasteiger partial charge in [-0.15, -0.1) is 0 Å².